The molecule has 1 saturated carbocycles. The highest BCUT2D eigenvalue weighted by atomic mass is 16.3. The van der Waals surface area contributed by atoms with Crippen LogP contribution >= 0.6 is 0 Å². The number of rotatable bonds is 0. The molecule has 1 fully saturated rings. The van der Waals surface area contributed by atoms with Crippen LogP contribution in [0.4, 0.5) is 0 Å². The van der Waals surface area contributed by atoms with Gasteiger partial charge in [0.1, 0.15) is 5.78 Å². The summed E-state index contributed by atoms with van der Waals surface area (Å²) in [7, 11) is 0. The zero-order valence-corrected chi connectivity index (χ0v) is 7.81. The quantitative estimate of drug-likeness (QED) is 0.674. The van der Waals surface area contributed by atoms with E-state index in [9.17, 15) is 9.90 Å². The third kappa shape index (κ3) is 0.919. The standard InChI is InChI=1S/C12H12O2/c13-7-5-10-8-3-1-2-4-9(8)12(14)11(10)6-7/h1-4,10-12,14H,5-6H2/t10-,11-,12-/m1/s1. The third-order valence-corrected chi connectivity index (χ3v) is 3.55. The van der Waals surface area contributed by atoms with Gasteiger partial charge in [0, 0.05) is 18.8 Å². The molecule has 0 spiro atoms. The van der Waals surface area contributed by atoms with Gasteiger partial charge in [0.15, 0.2) is 0 Å². The first-order valence-corrected chi connectivity index (χ1v) is 5.06. The summed E-state index contributed by atoms with van der Waals surface area (Å²) in [6, 6.07) is 7.95. The van der Waals surface area contributed by atoms with Crippen molar-refractivity contribution in [3.63, 3.8) is 0 Å². The number of hydrogen-bond acceptors (Lipinski definition) is 2. The molecule has 2 aliphatic rings. The average Bonchev–Trinajstić information content (AvgIpc) is 2.68. The number of benzene rings is 1. The largest absolute Gasteiger partial charge is 0.388 e. The normalized spacial score (nSPS) is 34.4. The van der Waals surface area contributed by atoms with Crippen LogP contribution in [0.15, 0.2) is 24.3 Å². The monoisotopic (exact) mass is 188 g/mol. The second-order valence-electron chi connectivity index (χ2n) is 4.29. The number of Topliss-reactive ketones (excluding diaryl/α,β-unsaturated/α-hetero) is 1. The Morgan fingerprint density at radius 1 is 1.14 bits per heavy atom. The first-order valence-electron chi connectivity index (χ1n) is 5.06. The molecule has 0 aromatic heterocycles. The molecule has 1 aromatic carbocycles. The van der Waals surface area contributed by atoms with Gasteiger partial charge in [0.25, 0.3) is 0 Å². The maximum absolute atomic E-state index is 11.3. The summed E-state index contributed by atoms with van der Waals surface area (Å²) in [6.07, 6.45) is 0.766. The molecule has 72 valence electrons. The highest BCUT2D eigenvalue weighted by molar-refractivity contribution is 5.83. The average molecular weight is 188 g/mol. The van der Waals surface area contributed by atoms with Crippen LogP contribution in [-0.4, -0.2) is 10.9 Å². The molecule has 0 unspecified atom stereocenters. The molecular weight excluding hydrogens is 176 g/mol. The van der Waals surface area contributed by atoms with Crippen molar-refractivity contribution in [2.24, 2.45) is 5.92 Å². The van der Waals surface area contributed by atoms with E-state index in [2.05, 4.69) is 0 Å². The highest BCUT2D eigenvalue weighted by Gasteiger charge is 2.45. The molecule has 0 radical (unpaired) electrons. The molecule has 0 amide bonds. The van der Waals surface area contributed by atoms with Gasteiger partial charge in [-0.05, 0) is 17.0 Å². The first-order chi connectivity index (χ1) is 6.77. The molecule has 1 N–H and O–H groups in total. The fourth-order valence-electron chi connectivity index (χ4n) is 2.91. The van der Waals surface area contributed by atoms with E-state index >= 15 is 0 Å². The van der Waals surface area contributed by atoms with E-state index in [-0.39, 0.29) is 11.8 Å². The van der Waals surface area contributed by atoms with E-state index in [1.807, 2.05) is 24.3 Å². The van der Waals surface area contributed by atoms with Crippen LogP contribution < -0.4 is 0 Å². The minimum absolute atomic E-state index is 0.153. The number of aliphatic hydroxyl groups is 1. The van der Waals surface area contributed by atoms with Gasteiger partial charge in [-0.25, -0.2) is 0 Å². The summed E-state index contributed by atoms with van der Waals surface area (Å²) in [4.78, 5) is 11.3. The highest BCUT2D eigenvalue weighted by Crippen LogP contribution is 2.52. The zero-order chi connectivity index (χ0) is 9.71. The van der Waals surface area contributed by atoms with E-state index in [0.717, 1.165) is 5.56 Å². The molecule has 0 heterocycles. The molecule has 0 aliphatic heterocycles. The van der Waals surface area contributed by atoms with Gasteiger partial charge in [-0.2, -0.15) is 0 Å². The molecule has 3 atom stereocenters. The number of carbonyl (C=O) groups is 1. The fourth-order valence-corrected chi connectivity index (χ4v) is 2.91. The van der Waals surface area contributed by atoms with Crippen LogP contribution in [0.1, 0.15) is 36.0 Å². The van der Waals surface area contributed by atoms with Crippen molar-refractivity contribution in [3.8, 4) is 0 Å². The summed E-state index contributed by atoms with van der Waals surface area (Å²) in [5.74, 6) is 0.738. The lowest BCUT2D eigenvalue weighted by Crippen LogP contribution is -2.05. The van der Waals surface area contributed by atoms with Gasteiger partial charge in [-0.3, -0.25) is 4.79 Å². The van der Waals surface area contributed by atoms with E-state index in [1.165, 1.54) is 5.56 Å². The number of fused-ring (bicyclic) bond motifs is 3. The molecule has 2 heteroatoms. The van der Waals surface area contributed by atoms with Gasteiger partial charge >= 0.3 is 0 Å². The van der Waals surface area contributed by atoms with Gasteiger partial charge in [-0.1, -0.05) is 24.3 Å². The van der Waals surface area contributed by atoms with E-state index < -0.39 is 6.10 Å². The first kappa shape index (κ1) is 8.18. The Morgan fingerprint density at radius 3 is 2.64 bits per heavy atom. The number of hydrogen-bond donors (Lipinski definition) is 1. The predicted molar refractivity (Wildman–Crippen MR) is 51.9 cm³/mol. The van der Waals surface area contributed by atoms with Crippen LogP contribution in [-0.2, 0) is 4.79 Å². The van der Waals surface area contributed by atoms with Crippen molar-refractivity contribution in [3.05, 3.63) is 35.4 Å². The van der Waals surface area contributed by atoms with E-state index in [1.54, 1.807) is 0 Å². The molecule has 2 aliphatic carbocycles. The lowest BCUT2D eigenvalue weighted by atomic mass is 9.96. The molecule has 0 bridgehead atoms. The summed E-state index contributed by atoms with van der Waals surface area (Å²) in [6.45, 7) is 0. The van der Waals surface area contributed by atoms with Gasteiger partial charge in [0.2, 0.25) is 0 Å². The third-order valence-electron chi connectivity index (χ3n) is 3.55. The smallest absolute Gasteiger partial charge is 0.133 e. The van der Waals surface area contributed by atoms with Crippen molar-refractivity contribution in [2.75, 3.05) is 0 Å². The zero-order valence-electron chi connectivity index (χ0n) is 7.81. The summed E-state index contributed by atoms with van der Waals surface area (Å²) in [5.41, 5.74) is 2.23. The maximum atomic E-state index is 11.3. The Labute approximate surface area is 82.6 Å². The Balaban J connectivity index is 2.11. The number of ketones is 1. The Hall–Kier alpha value is -1.15. The van der Waals surface area contributed by atoms with Crippen molar-refractivity contribution in [2.45, 2.75) is 24.9 Å². The van der Waals surface area contributed by atoms with E-state index in [0.29, 0.717) is 18.6 Å². The number of aliphatic hydroxyl groups excluding tert-OH is 1. The topological polar surface area (TPSA) is 37.3 Å². The van der Waals surface area contributed by atoms with Crippen LogP contribution in [0.5, 0.6) is 0 Å². The summed E-state index contributed by atoms with van der Waals surface area (Å²) in [5, 5.41) is 10.0. The molecule has 2 nitrogen and oxygen atoms in total. The van der Waals surface area contributed by atoms with Crippen molar-refractivity contribution >= 4 is 5.78 Å². The summed E-state index contributed by atoms with van der Waals surface area (Å²) < 4.78 is 0. The van der Waals surface area contributed by atoms with Crippen LogP contribution in [0.2, 0.25) is 0 Å². The van der Waals surface area contributed by atoms with Gasteiger partial charge < -0.3 is 5.11 Å². The Kier molecular flexibility index (Phi) is 1.56. The Morgan fingerprint density at radius 2 is 1.86 bits per heavy atom. The second-order valence-corrected chi connectivity index (χ2v) is 4.29. The minimum atomic E-state index is -0.414. The van der Waals surface area contributed by atoms with Gasteiger partial charge in [0.05, 0.1) is 6.10 Å². The SMILES string of the molecule is O=C1C[C@H]2[C@H](O)c3ccccc3[C@H]2C1. The van der Waals surface area contributed by atoms with Gasteiger partial charge in [-0.15, -0.1) is 0 Å². The molecular formula is C12H12O2. The lowest BCUT2D eigenvalue weighted by Gasteiger charge is -2.11. The van der Waals surface area contributed by atoms with Crippen molar-refractivity contribution < 1.29 is 9.90 Å². The van der Waals surface area contributed by atoms with E-state index in [4.69, 9.17) is 0 Å². The molecule has 14 heavy (non-hydrogen) atoms. The van der Waals surface area contributed by atoms with Crippen LogP contribution in [0, 0.1) is 5.92 Å². The minimum Gasteiger partial charge on any atom is -0.388 e. The van der Waals surface area contributed by atoms with Crippen LogP contribution in [0.25, 0.3) is 0 Å². The summed E-state index contributed by atoms with van der Waals surface area (Å²) >= 11 is 0. The molecule has 0 saturated heterocycles. The van der Waals surface area contributed by atoms with Crippen molar-refractivity contribution in [1.82, 2.24) is 0 Å². The molecule has 1 aromatic rings. The molecule has 3 rings (SSSR count). The maximum Gasteiger partial charge on any atom is 0.133 e. The van der Waals surface area contributed by atoms with Crippen molar-refractivity contribution in [1.29, 1.82) is 0 Å². The lowest BCUT2D eigenvalue weighted by molar-refractivity contribution is -0.118. The fraction of sp³-hybridized carbons (Fsp3) is 0.417. The predicted octanol–water partition coefficient (Wildman–Crippen LogP) is 1.80. The number of carbonyl (C=O) groups excluding carboxylic acids is 1. The van der Waals surface area contributed by atoms with Crippen LogP contribution in [0.3, 0.4) is 0 Å². The second kappa shape index (κ2) is 2.67. The Bertz CT molecular complexity index is 397.